The lowest BCUT2D eigenvalue weighted by molar-refractivity contribution is 0.554. The van der Waals surface area contributed by atoms with Gasteiger partial charge in [-0.15, -0.1) is 0 Å². The highest BCUT2D eigenvalue weighted by Gasteiger charge is 2.21. The van der Waals surface area contributed by atoms with Crippen LogP contribution in [0.2, 0.25) is 0 Å². The predicted molar refractivity (Wildman–Crippen MR) is 77.0 cm³/mol. The Balaban J connectivity index is 1.79. The highest BCUT2D eigenvalue weighted by atomic mass is 19.1. The van der Waals surface area contributed by atoms with Crippen molar-refractivity contribution in [3.63, 3.8) is 0 Å². The molecule has 0 radical (unpaired) electrons. The van der Waals surface area contributed by atoms with E-state index in [1.54, 1.807) is 4.68 Å². The van der Waals surface area contributed by atoms with E-state index >= 15 is 0 Å². The Hall–Kier alpha value is -1.75. The fraction of sp³-hybridized carbons (Fsp3) is 0.438. The van der Waals surface area contributed by atoms with Crippen LogP contribution >= 0.6 is 0 Å². The molecular weight excluding hydrogens is 272 g/mol. The molecule has 0 amide bonds. The maximum Gasteiger partial charge on any atom is 0.131 e. The van der Waals surface area contributed by atoms with Gasteiger partial charge in [-0.05, 0) is 32.8 Å². The van der Waals surface area contributed by atoms with Gasteiger partial charge in [0.05, 0.1) is 12.2 Å². The molecule has 0 aliphatic heterocycles. The molecular formula is C16H19F2N3. The van der Waals surface area contributed by atoms with Gasteiger partial charge in [-0.2, -0.15) is 5.10 Å². The zero-order valence-corrected chi connectivity index (χ0v) is 12.3. The minimum absolute atomic E-state index is 0.322. The number of nitrogens with one attached hydrogen (secondary N) is 1. The highest BCUT2D eigenvalue weighted by molar-refractivity contribution is 5.26. The Morgan fingerprint density at radius 3 is 2.71 bits per heavy atom. The van der Waals surface area contributed by atoms with Crippen molar-refractivity contribution in [1.29, 1.82) is 0 Å². The summed E-state index contributed by atoms with van der Waals surface area (Å²) >= 11 is 0. The zero-order valence-electron chi connectivity index (χ0n) is 12.3. The molecule has 0 spiro atoms. The Morgan fingerprint density at radius 2 is 2.05 bits per heavy atom. The molecule has 1 aromatic carbocycles. The Morgan fingerprint density at radius 1 is 1.29 bits per heavy atom. The monoisotopic (exact) mass is 291 g/mol. The third-order valence-electron chi connectivity index (χ3n) is 4.01. The van der Waals surface area contributed by atoms with Gasteiger partial charge in [0.25, 0.3) is 0 Å². The van der Waals surface area contributed by atoms with E-state index < -0.39 is 11.6 Å². The third kappa shape index (κ3) is 3.13. The standard InChI is InChI=1S/C16H19F2N3/c1-10-15(8-19-14-5-6-14)11(2)21(20-10)9-12-3-4-13(17)7-16(12)18/h3-4,7,14,19H,5-6,8-9H2,1-2H3. The first-order chi connectivity index (χ1) is 10.0. The number of halogens is 2. The second-order valence-corrected chi connectivity index (χ2v) is 5.70. The number of rotatable bonds is 5. The Labute approximate surface area is 123 Å². The maximum absolute atomic E-state index is 13.7. The molecule has 0 saturated heterocycles. The van der Waals surface area contributed by atoms with Crippen LogP contribution in [0, 0.1) is 25.5 Å². The molecule has 0 atom stereocenters. The van der Waals surface area contributed by atoms with Crippen molar-refractivity contribution in [2.75, 3.05) is 0 Å². The van der Waals surface area contributed by atoms with E-state index in [1.807, 2.05) is 13.8 Å². The van der Waals surface area contributed by atoms with E-state index in [0.717, 1.165) is 24.0 Å². The first-order valence-corrected chi connectivity index (χ1v) is 7.25. The van der Waals surface area contributed by atoms with E-state index in [2.05, 4.69) is 10.4 Å². The molecule has 1 fully saturated rings. The lowest BCUT2D eigenvalue weighted by atomic mass is 10.2. The minimum Gasteiger partial charge on any atom is -0.310 e. The smallest absolute Gasteiger partial charge is 0.131 e. The SMILES string of the molecule is Cc1nn(Cc2ccc(F)cc2F)c(C)c1CNC1CC1. The quantitative estimate of drug-likeness (QED) is 0.917. The summed E-state index contributed by atoms with van der Waals surface area (Å²) in [6.45, 7) is 5.08. The van der Waals surface area contributed by atoms with Crippen LogP contribution < -0.4 is 5.32 Å². The fourth-order valence-electron chi connectivity index (χ4n) is 2.49. The van der Waals surface area contributed by atoms with E-state index in [9.17, 15) is 8.78 Å². The number of nitrogens with zero attached hydrogens (tertiary/aromatic N) is 2. The topological polar surface area (TPSA) is 29.9 Å². The van der Waals surface area contributed by atoms with Crippen LogP contribution in [0.1, 0.15) is 35.4 Å². The van der Waals surface area contributed by atoms with Gasteiger partial charge in [0.2, 0.25) is 0 Å². The molecule has 1 saturated carbocycles. The molecule has 5 heteroatoms. The van der Waals surface area contributed by atoms with Crippen molar-refractivity contribution in [3.8, 4) is 0 Å². The molecule has 1 N–H and O–H groups in total. The summed E-state index contributed by atoms with van der Waals surface area (Å²) < 4.78 is 28.5. The van der Waals surface area contributed by atoms with Crippen molar-refractivity contribution in [1.82, 2.24) is 15.1 Å². The van der Waals surface area contributed by atoms with Gasteiger partial charge in [-0.1, -0.05) is 6.07 Å². The molecule has 2 aromatic rings. The summed E-state index contributed by atoms with van der Waals surface area (Å²) in [4.78, 5) is 0. The van der Waals surface area contributed by atoms with E-state index in [0.29, 0.717) is 18.2 Å². The summed E-state index contributed by atoms with van der Waals surface area (Å²) in [6, 6.07) is 4.31. The number of aryl methyl sites for hydroxylation is 1. The molecule has 1 heterocycles. The van der Waals surface area contributed by atoms with Crippen LogP contribution in [0.3, 0.4) is 0 Å². The van der Waals surface area contributed by atoms with Crippen LogP contribution in [-0.4, -0.2) is 15.8 Å². The van der Waals surface area contributed by atoms with Crippen molar-refractivity contribution >= 4 is 0 Å². The van der Waals surface area contributed by atoms with Crippen LogP contribution in [0.5, 0.6) is 0 Å². The van der Waals surface area contributed by atoms with Gasteiger partial charge >= 0.3 is 0 Å². The molecule has 1 aromatic heterocycles. The van der Waals surface area contributed by atoms with Gasteiger partial charge in [-0.25, -0.2) is 8.78 Å². The van der Waals surface area contributed by atoms with Crippen LogP contribution in [0.15, 0.2) is 18.2 Å². The van der Waals surface area contributed by atoms with Gasteiger partial charge in [-0.3, -0.25) is 4.68 Å². The number of hydrogen-bond donors (Lipinski definition) is 1. The predicted octanol–water partition coefficient (Wildman–Crippen LogP) is 3.08. The molecule has 1 aliphatic rings. The summed E-state index contributed by atoms with van der Waals surface area (Å²) in [5.74, 6) is -1.08. The second-order valence-electron chi connectivity index (χ2n) is 5.70. The summed E-state index contributed by atoms with van der Waals surface area (Å²) in [7, 11) is 0. The zero-order chi connectivity index (χ0) is 15.0. The van der Waals surface area contributed by atoms with Crippen molar-refractivity contribution in [2.45, 2.75) is 45.8 Å². The molecule has 3 nitrogen and oxygen atoms in total. The number of hydrogen-bond acceptors (Lipinski definition) is 2. The van der Waals surface area contributed by atoms with Crippen molar-refractivity contribution < 1.29 is 8.78 Å². The highest BCUT2D eigenvalue weighted by Crippen LogP contribution is 2.21. The Bertz CT molecular complexity index is 660. The maximum atomic E-state index is 13.7. The first-order valence-electron chi connectivity index (χ1n) is 7.25. The number of benzene rings is 1. The second kappa shape index (κ2) is 5.56. The summed E-state index contributed by atoms with van der Waals surface area (Å²) in [5.41, 5.74) is 3.61. The molecule has 0 bridgehead atoms. The van der Waals surface area contributed by atoms with Gasteiger partial charge in [0, 0.05) is 35.5 Å². The lowest BCUT2D eigenvalue weighted by Crippen LogP contribution is -2.16. The van der Waals surface area contributed by atoms with E-state index in [-0.39, 0.29) is 0 Å². The van der Waals surface area contributed by atoms with Crippen LogP contribution in [-0.2, 0) is 13.1 Å². The molecule has 21 heavy (non-hydrogen) atoms. The largest absolute Gasteiger partial charge is 0.310 e. The van der Waals surface area contributed by atoms with Crippen LogP contribution in [0.4, 0.5) is 8.78 Å². The van der Waals surface area contributed by atoms with Gasteiger partial charge < -0.3 is 5.32 Å². The summed E-state index contributed by atoms with van der Waals surface area (Å²) in [6.07, 6.45) is 2.49. The molecule has 0 unspecified atom stereocenters. The Kier molecular flexibility index (Phi) is 3.76. The summed E-state index contributed by atoms with van der Waals surface area (Å²) in [5, 5.41) is 7.96. The molecule has 3 rings (SSSR count). The normalized spacial score (nSPS) is 14.7. The lowest BCUT2D eigenvalue weighted by Gasteiger charge is -2.07. The average Bonchev–Trinajstić information content (AvgIpc) is 3.20. The third-order valence-corrected chi connectivity index (χ3v) is 4.01. The van der Waals surface area contributed by atoms with Crippen molar-refractivity contribution in [3.05, 3.63) is 52.3 Å². The van der Waals surface area contributed by atoms with Gasteiger partial charge in [0.1, 0.15) is 11.6 Å². The van der Waals surface area contributed by atoms with Crippen LogP contribution in [0.25, 0.3) is 0 Å². The average molecular weight is 291 g/mol. The van der Waals surface area contributed by atoms with Crippen molar-refractivity contribution in [2.24, 2.45) is 0 Å². The fourth-order valence-corrected chi connectivity index (χ4v) is 2.49. The minimum atomic E-state index is -0.557. The molecule has 1 aliphatic carbocycles. The van der Waals surface area contributed by atoms with E-state index in [4.69, 9.17) is 0 Å². The molecule has 112 valence electrons. The van der Waals surface area contributed by atoms with E-state index in [1.165, 1.54) is 30.5 Å². The number of aromatic nitrogens is 2. The van der Waals surface area contributed by atoms with Gasteiger partial charge in [0.15, 0.2) is 0 Å². The first kappa shape index (κ1) is 14.2.